The number of cyclic esters (lactones) is 1. The van der Waals surface area contributed by atoms with E-state index in [0.717, 1.165) is 40.1 Å². The molecule has 202 valence electrons. The van der Waals surface area contributed by atoms with Gasteiger partial charge in [-0.1, -0.05) is 46.2 Å². The highest BCUT2D eigenvalue weighted by Gasteiger charge is 2.52. The Bertz CT molecular complexity index is 1140. The van der Waals surface area contributed by atoms with Gasteiger partial charge in [-0.05, 0) is 62.8 Å². The highest BCUT2D eigenvalue weighted by atomic mass is 32.1. The van der Waals surface area contributed by atoms with Gasteiger partial charge in [0, 0.05) is 24.2 Å². The lowest BCUT2D eigenvalue weighted by molar-refractivity contribution is -0.149. The van der Waals surface area contributed by atoms with Gasteiger partial charge in [0.2, 0.25) is 0 Å². The summed E-state index contributed by atoms with van der Waals surface area (Å²) in [6, 6.07) is 8.03. The molecule has 7 heteroatoms. The van der Waals surface area contributed by atoms with Gasteiger partial charge in [-0.15, -0.1) is 11.3 Å². The molecule has 0 radical (unpaired) electrons. The number of ether oxygens (including phenoxy) is 2. The van der Waals surface area contributed by atoms with E-state index < -0.39 is 23.5 Å². The van der Waals surface area contributed by atoms with Crippen molar-refractivity contribution in [2.45, 2.75) is 104 Å². The standard InChI is InChI=1S/C30H41NO5S/c1-18-10-9-14-30(6)24(36-30)17-22(19(2)16-25-31-21-11-7-8-12-23(21)37-25)35-26(32)13-15-29(4,5)28(34)20(3)27(18)33/h7-8,11-12,16,18,20,22,24,27,33H,9-10,13-15,17H2,1-6H3/b19-16+/t18-,20+,22?,24-,27?,30+/m0/s1. The van der Waals surface area contributed by atoms with E-state index in [1.807, 2.05) is 52.0 Å². The fourth-order valence-corrected chi connectivity index (χ4v) is 6.51. The molecule has 3 heterocycles. The fourth-order valence-electron chi connectivity index (χ4n) is 5.53. The average molecular weight is 528 g/mol. The number of carbonyl (C=O) groups is 2. The molecule has 37 heavy (non-hydrogen) atoms. The topological polar surface area (TPSA) is 89.0 Å². The lowest BCUT2D eigenvalue weighted by Crippen LogP contribution is -2.39. The van der Waals surface area contributed by atoms with Gasteiger partial charge in [0.05, 0.1) is 28.0 Å². The first-order valence-electron chi connectivity index (χ1n) is 13.5. The van der Waals surface area contributed by atoms with E-state index in [2.05, 4.69) is 13.0 Å². The summed E-state index contributed by atoms with van der Waals surface area (Å²) in [6.07, 6.45) is 4.61. The number of esters is 1. The van der Waals surface area contributed by atoms with Gasteiger partial charge in [0.1, 0.15) is 16.9 Å². The van der Waals surface area contributed by atoms with Crippen LogP contribution in [0.1, 0.15) is 85.1 Å². The van der Waals surface area contributed by atoms with E-state index in [1.165, 1.54) is 0 Å². The molecule has 0 aliphatic carbocycles. The fraction of sp³-hybridized carbons (Fsp3) is 0.633. The molecule has 2 fully saturated rings. The van der Waals surface area contributed by atoms with Crippen LogP contribution in [0.25, 0.3) is 16.3 Å². The lowest BCUT2D eigenvalue weighted by Gasteiger charge is -2.31. The number of aliphatic hydroxyl groups excluding tert-OH is 1. The zero-order valence-corrected chi connectivity index (χ0v) is 23.8. The number of hydrogen-bond acceptors (Lipinski definition) is 7. The maximum absolute atomic E-state index is 13.2. The number of carbonyl (C=O) groups excluding carboxylic acids is 2. The van der Waals surface area contributed by atoms with E-state index >= 15 is 0 Å². The van der Waals surface area contributed by atoms with E-state index in [4.69, 9.17) is 14.5 Å². The van der Waals surface area contributed by atoms with Crippen molar-refractivity contribution in [2.75, 3.05) is 0 Å². The predicted molar refractivity (Wildman–Crippen MR) is 147 cm³/mol. The molecule has 2 unspecified atom stereocenters. The highest BCUT2D eigenvalue weighted by Crippen LogP contribution is 2.45. The van der Waals surface area contributed by atoms with Crippen molar-refractivity contribution in [3.63, 3.8) is 0 Å². The molecular weight excluding hydrogens is 486 g/mol. The van der Waals surface area contributed by atoms with Crippen LogP contribution in [0.3, 0.4) is 0 Å². The summed E-state index contributed by atoms with van der Waals surface area (Å²) >= 11 is 1.62. The zero-order valence-electron chi connectivity index (χ0n) is 23.0. The molecule has 4 rings (SSSR count). The Hall–Kier alpha value is -2.09. The largest absolute Gasteiger partial charge is 0.458 e. The number of benzene rings is 1. The SMILES string of the molecule is C/C(=C\c1nc2ccccc2s1)C1C[C@@H]2O[C@]2(C)CCC[C@H](C)C(O)[C@@H](C)C(=O)C(C)(C)CCC(=O)O1. The third kappa shape index (κ3) is 6.50. The number of nitrogens with zero attached hydrogens (tertiary/aromatic N) is 1. The third-order valence-electron chi connectivity index (χ3n) is 8.37. The van der Waals surface area contributed by atoms with Crippen LogP contribution in [0.4, 0.5) is 0 Å². The van der Waals surface area contributed by atoms with Crippen LogP contribution in [0.15, 0.2) is 29.8 Å². The van der Waals surface area contributed by atoms with Crippen molar-refractivity contribution in [3.8, 4) is 0 Å². The number of Topliss-reactive ketones (excluding diaryl/α,β-unsaturated/α-hetero) is 1. The first-order chi connectivity index (χ1) is 17.4. The maximum Gasteiger partial charge on any atom is 0.306 e. The molecule has 2 saturated heterocycles. The van der Waals surface area contributed by atoms with E-state index in [-0.39, 0.29) is 35.8 Å². The minimum atomic E-state index is -0.726. The number of aliphatic hydroxyl groups is 1. The molecule has 2 aliphatic heterocycles. The van der Waals surface area contributed by atoms with Crippen LogP contribution in [-0.2, 0) is 19.1 Å². The Morgan fingerprint density at radius 1 is 1.16 bits per heavy atom. The normalized spacial score (nSPS) is 34.1. The molecule has 1 aromatic heterocycles. The zero-order chi connectivity index (χ0) is 27.0. The molecule has 1 aromatic carbocycles. The highest BCUT2D eigenvalue weighted by molar-refractivity contribution is 7.19. The van der Waals surface area contributed by atoms with Crippen LogP contribution < -0.4 is 0 Å². The van der Waals surface area contributed by atoms with Crippen LogP contribution in [0.5, 0.6) is 0 Å². The summed E-state index contributed by atoms with van der Waals surface area (Å²) in [5.74, 6) is -0.798. The Kier molecular flexibility index (Phi) is 8.27. The van der Waals surface area contributed by atoms with Gasteiger partial charge in [-0.2, -0.15) is 0 Å². The summed E-state index contributed by atoms with van der Waals surface area (Å²) in [4.78, 5) is 31.0. The van der Waals surface area contributed by atoms with Gasteiger partial charge in [0.15, 0.2) is 0 Å². The van der Waals surface area contributed by atoms with Crippen LogP contribution in [-0.4, -0.2) is 45.8 Å². The van der Waals surface area contributed by atoms with Gasteiger partial charge in [-0.3, -0.25) is 9.59 Å². The Morgan fingerprint density at radius 3 is 2.62 bits per heavy atom. The summed E-state index contributed by atoms with van der Waals surface area (Å²) in [7, 11) is 0. The number of epoxide rings is 1. The van der Waals surface area contributed by atoms with Crippen molar-refractivity contribution in [1.82, 2.24) is 4.98 Å². The summed E-state index contributed by atoms with van der Waals surface area (Å²) in [6.45, 7) is 11.6. The van der Waals surface area contributed by atoms with Crippen molar-refractivity contribution in [3.05, 3.63) is 34.8 Å². The molecule has 0 spiro atoms. The number of aromatic nitrogens is 1. The van der Waals surface area contributed by atoms with Crippen molar-refractivity contribution in [2.24, 2.45) is 17.3 Å². The van der Waals surface area contributed by atoms with Gasteiger partial charge < -0.3 is 14.6 Å². The molecule has 6 atom stereocenters. The van der Waals surface area contributed by atoms with Gasteiger partial charge in [0.25, 0.3) is 0 Å². The summed E-state index contributed by atoms with van der Waals surface area (Å²) < 4.78 is 13.3. The summed E-state index contributed by atoms with van der Waals surface area (Å²) in [5, 5.41) is 11.7. The minimum Gasteiger partial charge on any atom is -0.458 e. The number of hydrogen-bond donors (Lipinski definition) is 1. The van der Waals surface area contributed by atoms with Crippen LogP contribution in [0.2, 0.25) is 0 Å². The average Bonchev–Trinajstić information content (AvgIpc) is 3.29. The molecule has 2 aliphatic rings. The van der Waals surface area contributed by atoms with Crippen molar-refractivity contribution < 1.29 is 24.2 Å². The lowest BCUT2D eigenvalue weighted by atomic mass is 9.74. The number of para-hydroxylation sites is 1. The number of fused-ring (bicyclic) bond motifs is 2. The summed E-state index contributed by atoms with van der Waals surface area (Å²) in [5.41, 5.74) is 0.911. The maximum atomic E-state index is 13.2. The number of thiazole rings is 1. The second kappa shape index (κ2) is 11.0. The monoisotopic (exact) mass is 527 g/mol. The predicted octanol–water partition coefficient (Wildman–Crippen LogP) is 6.35. The Labute approximate surface area is 224 Å². The first kappa shape index (κ1) is 27.9. The smallest absolute Gasteiger partial charge is 0.306 e. The van der Waals surface area contributed by atoms with Crippen molar-refractivity contribution in [1.29, 1.82) is 0 Å². The Morgan fingerprint density at radius 2 is 1.89 bits per heavy atom. The van der Waals surface area contributed by atoms with Gasteiger partial charge in [-0.25, -0.2) is 4.98 Å². The van der Waals surface area contributed by atoms with Crippen LogP contribution in [0, 0.1) is 17.3 Å². The van der Waals surface area contributed by atoms with Crippen molar-refractivity contribution >= 4 is 39.4 Å². The molecular formula is C30H41NO5S. The molecule has 0 saturated carbocycles. The number of rotatable bonds is 2. The third-order valence-corrected chi connectivity index (χ3v) is 9.35. The molecule has 6 nitrogen and oxygen atoms in total. The van der Waals surface area contributed by atoms with Crippen LogP contribution >= 0.6 is 11.3 Å². The van der Waals surface area contributed by atoms with E-state index in [9.17, 15) is 14.7 Å². The molecule has 1 N–H and O–H groups in total. The quantitative estimate of drug-likeness (QED) is 0.362. The molecule has 2 aromatic rings. The van der Waals surface area contributed by atoms with E-state index in [0.29, 0.717) is 12.8 Å². The van der Waals surface area contributed by atoms with Gasteiger partial charge >= 0.3 is 5.97 Å². The second-order valence-electron chi connectivity index (χ2n) is 11.9. The minimum absolute atomic E-state index is 0.00671. The molecule has 0 amide bonds. The Balaban J connectivity index is 1.56. The van der Waals surface area contributed by atoms with E-state index in [1.54, 1.807) is 18.3 Å². The molecule has 0 bridgehead atoms. The first-order valence-corrected chi connectivity index (χ1v) is 14.3. The second-order valence-corrected chi connectivity index (χ2v) is 13.0. The number of ketones is 1.